The van der Waals surface area contributed by atoms with Crippen molar-refractivity contribution < 1.29 is 14.4 Å². The number of hydrogen-bond donors (Lipinski definition) is 4. The topological polar surface area (TPSA) is 117 Å². The summed E-state index contributed by atoms with van der Waals surface area (Å²) in [5.41, 5.74) is 7.31. The number of aromatic amines is 1. The van der Waals surface area contributed by atoms with Crippen LogP contribution in [0.3, 0.4) is 0 Å². The van der Waals surface area contributed by atoms with E-state index >= 15 is 0 Å². The van der Waals surface area contributed by atoms with Gasteiger partial charge in [-0.2, -0.15) is 0 Å². The number of carbonyl (C=O) groups is 3. The summed E-state index contributed by atoms with van der Waals surface area (Å²) in [4.78, 5) is 38.7. The zero-order valence-corrected chi connectivity index (χ0v) is 14.6. The number of nitrogens with two attached hydrogens (primary N) is 1. The van der Waals surface area contributed by atoms with Gasteiger partial charge in [-0.25, -0.2) is 0 Å². The normalized spacial score (nSPS) is 13.4. The lowest BCUT2D eigenvalue weighted by atomic mass is 10.0. The lowest BCUT2D eigenvalue weighted by Crippen LogP contribution is -2.55. The summed E-state index contributed by atoms with van der Waals surface area (Å²) in [5.74, 6) is -1.47. The van der Waals surface area contributed by atoms with E-state index in [4.69, 9.17) is 5.73 Å². The minimum absolute atomic E-state index is 0.120. The Hall–Kier alpha value is -2.83. The number of benzene rings is 1. The van der Waals surface area contributed by atoms with Crippen molar-refractivity contribution in [3.8, 4) is 0 Å². The molecule has 0 aliphatic carbocycles. The van der Waals surface area contributed by atoms with Gasteiger partial charge in [0.25, 0.3) is 0 Å². The maximum absolute atomic E-state index is 12.5. The van der Waals surface area contributed by atoms with Gasteiger partial charge >= 0.3 is 0 Å². The van der Waals surface area contributed by atoms with Gasteiger partial charge in [0.2, 0.25) is 17.7 Å². The van der Waals surface area contributed by atoms with E-state index in [1.165, 1.54) is 6.92 Å². The molecule has 0 spiro atoms. The SMILES string of the molecule is CC(=O)N[C@@H](C(=O)N[C@H](Cc1c[nH]c2ccccc12)C(N)=O)C(C)C. The van der Waals surface area contributed by atoms with Crippen molar-refractivity contribution >= 4 is 28.6 Å². The molecule has 7 nitrogen and oxygen atoms in total. The third-order valence-electron chi connectivity index (χ3n) is 4.07. The van der Waals surface area contributed by atoms with Crippen molar-refractivity contribution in [3.63, 3.8) is 0 Å². The fourth-order valence-electron chi connectivity index (χ4n) is 2.76. The van der Waals surface area contributed by atoms with Crippen molar-refractivity contribution in [2.24, 2.45) is 11.7 Å². The number of primary amides is 1. The first-order valence-corrected chi connectivity index (χ1v) is 8.21. The van der Waals surface area contributed by atoms with Crippen LogP contribution in [0.15, 0.2) is 30.5 Å². The summed E-state index contributed by atoms with van der Waals surface area (Å²) < 4.78 is 0. The quantitative estimate of drug-likeness (QED) is 0.596. The molecule has 0 radical (unpaired) electrons. The molecule has 2 atom stereocenters. The van der Waals surface area contributed by atoms with Crippen LogP contribution in [0.25, 0.3) is 10.9 Å². The summed E-state index contributed by atoms with van der Waals surface area (Å²) in [6.45, 7) is 4.98. The number of nitrogens with one attached hydrogen (secondary N) is 3. The fraction of sp³-hybridized carbons (Fsp3) is 0.389. The molecule has 1 heterocycles. The Morgan fingerprint density at radius 2 is 1.84 bits per heavy atom. The molecule has 0 aliphatic heterocycles. The molecule has 0 fully saturated rings. The van der Waals surface area contributed by atoms with E-state index in [9.17, 15) is 14.4 Å². The molecule has 25 heavy (non-hydrogen) atoms. The highest BCUT2D eigenvalue weighted by molar-refractivity contribution is 5.92. The molecule has 0 saturated carbocycles. The average Bonchev–Trinajstić information content (AvgIpc) is 2.94. The van der Waals surface area contributed by atoms with E-state index in [2.05, 4.69) is 15.6 Å². The van der Waals surface area contributed by atoms with Crippen molar-refractivity contribution in [1.82, 2.24) is 15.6 Å². The van der Waals surface area contributed by atoms with E-state index in [0.717, 1.165) is 16.5 Å². The van der Waals surface area contributed by atoms with Gasteiger partial charge < -0.3 is 21.4 Å². The van der Waals surface area contributed by atoms with Crippen LogP contribution in [-0.4, -0.2) is 34.8 Å². The Morgan fingerprint density at radius 1 is 1.16 bits per heavy atom. The van der Waals surface area contributed by atoms with Crippen LogP contribution in [0.2, 0.25) is 0 Å². The van der Waals surface area contributed by atoms with Gasteiger partial charge in [0.05, 0.1) is 0 Å². The third kappa shape index (κ3) is 4.59. The van der Waals surface area contributed by atoms with Crippen molar-refractivity contribution in [2.45, 2.75) is 39.3 Å². The molecule has 1 aromatic carbocycles. The highest BCUT2D eigenvalue weighted by atomic mass is 16.2. The van der Waals surface area contributed by atoms with Crippen LogP contribution in [0, 0.1) is 5.92 Å². The van der Waals surface area contributed by atoms with E-state index in [0.29, 0.717) is 0 Å². The Morgan fingerprint density at radius 3 is 2.44 bits per heavy atom. The van der Waals surface area contributed by atoms with E-state index in [1.807, 2.05) is 38.1 Å². The molecular weight excluding hydrogens is 320 g/mol. The first kappa shape index (κ1) is 18.5. The molecule has 0 aliphatic rings. The van der Waals surface area contributed by atoms with Crippen molar-refractivity contribution in [2.75, 3.05) is 0 Å². The number of amides is 3. The van der Waals surface area contributed by atoms with Crippen LogP contribution < -0.4 is 16.4 Å². The Balaban J connectivity index is 2.16. The van der Waals surface area contributed by atoms with Crippen LogP contribution in [-0.2, 0) is 20.8 Å². The largest absolute Gasteiger partial charge is 0.368 e. The molecule has 0 saturated heterocycles. The maximum atomic E-state index is 12.5. The highest BCUT2D eigenvalue weighted by Gasteiger charge is 2.27. The molecule has 0 unspecified atom stereocenters. The fourth-order valence-corrected chi connectivity index (χ4v) is 2.76. The lowest BCUT2D eigenvalue weighted by Gasteiger charge is -2.23. The van der Waals surface area contributed by atoms with Gasteiger partial charge in [0, 0.05) is 30.4 Å². The number of H-pyrrole nitrogens is 1. The molecule has 2 aromatic rings. The summed E-state index contributed by atoms with van der Waals surface area (Å²) in [6.07, 6.45) is 2.08. The molecule has 1 aromatic heterocycles. The number of rotatable bonds is 7. The van der Waals surface area contributed by atoms with Crippen LogP contribution in [0.4, 0.5) is 0 Å². The highest BCUT2D eigenvalue weighted by Crippen LogP contribution is 2.19. The maximum Gasteiger partial charge on any atom is 0.243 e. The molecular formula is C18H24N4O3. The Kier molecular flexibility index (Phi) is 5.80. The molecule has 7 heteroatoms. The summed E-state index contributed by atoms with van der Waals surface area (Å²) >= 11 is 0. The smallest absolute Gasteiger partial charge is 0.243 e. The van der Waals surface area contributed by atoms with Crippen molar-refractivity contribution in [1.29, 1.82) is 0 Å². The minimum atomic E-state index is -0.860. The molecule has 134 valence electrons. The second kappa shape index (κ2) is 7.83. The lowest BCUT2D eigenvalue weighted by molar-refractivity contribution is -0.131. The van der Waals surface area contributed by atoms with E-state index in [1.54, 1.807) is 6.20 Å². The van der Waals surface area contributed by atoms with Crippen LogP contribution in [0.5, 0.6) is 0 Å². The first-order chi connectivity index (χ1) is 11.8. The van der Waals surface area contributed by atoms with E-state index in [-0.39, 0.29) is 18.2 Å². The van der Waals surface area contributed by atoms with Gasteiger partial charge in [0.1, 0.15) is 12.1 Å². The zero-order chi connectivity index (χ0) is 18.6. The third-order valence-corrected chi connectivity index (χ3v) is 4.07. The zero-order valence-electron chi connectivity index (χ0n) is 14.6. The Bertz CT molecular complexity index is 781. The number of carbonyl (C=O) groups excluding carboxylic acids is 3. The average molecular weight is 344 g/mol. The van der Waals surface area contributed by atoms with E-state index < -0.39 is 23.9 Å². The molecule has 3 amide bonds. The van der Waals surface area contributed by atoms with Crippen molar-refractivity contribution in [3.05, 3.63) is 36.0 Å². The summed E-state index contributed by atoms with van der Waals surface area (Å²) in [5, 5.41) is 6.24. The molecule has 2 rings (SSSR count). The minimum Gasteiger partial charge on any atom is -0.368 e. The van der Waals surface area contributed by atoms with Gasteiger partial charge in [-0.1, -0.05) is 32.0 Å². The number of para-hydroxylation sites is 1. The Labute approximate surface area is 146 Å². The summed E-state index contributed by atoms with van der Waals surface area (Å²) in [7, 11) is 0. The predicted molar refractivity (Wildman–Crippen MR) is 95.6 cm³/mol. The van der Waals surface area contributed by atoms with Crippen LogP contribution in [0.1, 0.15) is 26.3 Å². The standard InChI is InChI=1S/C18H24N4O3/c1-10(2)16(21-11(3)23)18(25)22-15(17(19)24)8-12-9-20-14-7-5-4-6-13(12)14/h4-7,9-10,15-16,20H,8H2,1-3H3,(H2,19,24)(H,21,23)(H,22,25)/t15-,16-/m1/s1. The second-order valence-electron chi connectivity index (χ2n) is 6.45. The number of hydrogen-bond acceptors (Lipinski definition) is 3. The molecule has 5 N–H and O–H groups in total. The number of aromatic nitrogens is 1. The van der Waals surface area contributed by atoms with Gasteiger partial charge in [-0.3, -0.25) is 14.4 Å². The first-order valence-electron chi connectivity index (χ1n) is 8.21. The van der Waals surface area contributed by atoms with Gasteiger partial charge in [-0.05, 0) is 17.5 Å². The summed E-state index contributed by atoms with van der Waals surface area (Å²) in [6, 6.07) is 6.11. The van der Waals surface area contributed by atoms with Gasteiger partial charge in [-0.15, -0.1) is 0 Å². The predicted octanol–water partition coefficient (Wildman–Crippen LogP) is 0.841. The van der Waals surface area contributed by atoms with Crippen LogP contribution >= 0.6 is 0 Å². The number of fused-ring (bicyclic) bond motifs is 1. The second-order valence-corrected chi connectivity index (χ2v) is 6.45. The monoisotopic (exact) mass is 344 g/mol. The molecule has 0 bridgehead atoms. The van der Waals surface area contributed by atoms with Gasteiger partial charge in [0.15, 0.2) is 0 Å².